The van der Waals surface area contributed by atoms with E-state index in [4.69, 9.17) is 0 Å². The molecule has 0 aliphatic heterocycles. The molecule has 120 valence electrons. The molecule has 0 fully saturated rings. The Morgan fingerprint density at radius 3 is 2.43 bits per heavy atom. The molecule has 0 radical (unpaired) electrons. The van der Waals surface area contributed by atoms with E-state index in [-0.39, 0.29) is 11.9 Å². The summed E-state index contributed by atoms with van der Waals surface area (Å²) in [6, 6.07) is 18.1. The Balaban J connectivity index is 1.96. The highest BCUT2D eigenvalue weighted by Crippen LogP contribution is 2.18. The average Bonchev–Trinajstić information content (AvgIpc) is 2.55. The number of hydrogen-bond acceptors (Lipinski definition) is 2. The maximum absolute atomic E-state index is 12.1. The third-order valence-electron chi connectivity index (χ3n) is 3.60. The molecule has 1 amide bonds. The van der Waals surface area contributed by atoms with Gasteiger partial charge in [0.05, 0.1) is 6.04 Å². The van der Waals surface area contributed by atoms with Gasteiger partial charge in [0.2, 0.25) is 5.91 Å². The lowest BCUT2D eigenvalue weighted by atomic mass is 10.1. The minimum Gasteiger partial charge on any atom is -0.351 e. The lowest BCUT2D eigenvalue weighted by Crippen LogP contribution is -2.33. The van der Waals surface area contributed by atoms with Crippen LogP contribution in [0.25, 0.3) is 6.08 Å². The number of carbonyl (C=O) groups excluding carboxylic acids is 1. The van der Waals surface area contributed by atoms with Crippen LogP contribution in [0, 0.1) is 0 Å². The first kappa shape index (κ1) is 17.4. The van der Waals surface area contributed by atoms with Crippen molar-refractivity contribution >= 4 is 27.9 Å². The number of carbonyl (C=O) groups is 1. The molecule has 0 spiro atoms. The van der Waals surface area contributed by atoms with E-state index in [1.807, 2.05) is 62.6 Å². The first-order chi connectivity index (χ1) is 11.1. The number of benzene rings is 2. The fraction of sp³-hybridized carbons (Fsp3) is 0.211. The zero-order valence-corrected chi connectivity index (χ0v) is 15.0. The van der Waals surface area contributed by atoms with Crippen LogP contribution in [0.15, 0.2) is 65.1 Å². The largest absolute Gasteiger partial charge is 0.351 e. The van der Waals surface area contributed by atoms with E-state index in [2.05, 4.69) is 38.3 Å². The first-order valence-electron chi connectivity index (χ1n) is 7.49. The smallest absolute Gasteiger partial charge is 0.244 e. The van der Waals surface area contributed by atoms with Crippen LogP contribution in [0.4, 0.5) is 0 Å². The highest BCUT2D eigenvalue weighted by atomic mass is 79.9. The third kappa shape index (κ3) is 5.34. The third-order valence-corrected chi connectivity index (χ3v) is 4.32. The van der Waals surface area contributed by atoms with Gasteiger partial charge in [0.15, 0.2) is 0 Å². The number of nitrogens with one attached hydrogen (secondary N) is 1. The minimum absolute atomic E-state index is 0.0939. The Labute approximate surface area is 146 Å². The summed E-state index contributed by atoms with van der Waals surface area (Å²) < 4.78 is 0.972. The minimum atomic E-state index is -0.0939. The highest BCUT2D eigenvalue weighted by molar-refractivity contribution is 9.10. The Hall–Kier alpha value is -1.91. The fourth-order valence-corrected chi connectivity index (χ4v) is 2.72. The van der Waals surface area contributed by atoms with Crippen LogP contribution in [0.1, 0.15) is 17.2 Å². The highest BCUT2D eigenvalue weighted by Gasteiger charge is 2.14. The molecule has 0 saturated carbocycles. The summed E-state index contributed by atoms with van der Waals surface area (Å²) in [5.74, 6) is -0.0939. The van der Waals surface area contributed by atoms with Crippen molar-refractivity contribution in [2.24, 2.45) is 0 Å². The van der Waals surface area contributed by atoms with Crippen molar-refractivity contribution in [1.29, 1.82) is 0 Å². The summed E-state index contributed by atoms with van der Waals surface area (Å²) >= 11 is 3.47. The van der Waals surface area contributed by atoms with Gasteiger partial charge in [-0.25, -0.2) is 0 Å². The quantitative estimate of drug-likeness (QED) is 0.780. The van der Waals surface area contributed by atoms with E-state index in [1.54, 1.807) is 6.08 Å². The van der Waals surface area contributed by atoms with Crippen molar-refractivity contribution in [3.63, 3.8) is 0 Å². The van der Waals surface area contributed by atoms with Gasteiger partial charge in [-0.1, -0.05) is 64.5 Å². The van der Waals surface area contributed by atoms with Crippen LogP contribution < -0.4 is 5.32 Å². The first-order valence-corrected chi connectivity index (χ1v) is 8.29. The molecule has 1 atom stereocenters. The molecule has 2 aromatic rings. The van der Waals surface area contributed by atoms with Gasteiger partial charge < -0.3 is 10.2 Å². The molecule has 2 aromatic carbocycles. The van der Waals surface area contributed by atoms with Crippen molar-refractivity contribution < 1.29 is 4.79 Å². The monoisotopic (exact) mass is 372 g/mol. The lowest BCUT2D eigenvalue weighted by molar-refractivity contribution is -0.116. The van der Waals surface area contributed by atoms with Crippen molar-refractivity contribution in [1.82, 2.24) is 10.2 Å². The van der Waals surface area contributed by atoms with E-state index in [0.29, 0.717) is 6.54 Å². The second-order valence-electron chi connectivity index (χ2n) is 5.49. The Morgan fingerprint density at radius 2 is 1.78 bits per heavy atom. The molecule has 2 rings (SSSR count). The molecular formula is C19H21BrN2O. The van der Waals surface area contributed by atoms with Crippen LogP contribution in [0.3, 0.4) is 0 Å². The Morgan fingerprint density at radius 1 is 1.13 bits per heavy atom. The van der Waals surface area contributed by atoms with Crippen molar-refractivity contribution in [3.8, 4) is 0 Å². The number of amides is 1. The van der Waals surface area contributed by atoms with Crippen molar-refractivity contribution in [2.45, 2.75) is 6.04 Å². The van der Waals surface area contributed by atoms with Crippen LogP contribution in [0.5, 0.6) is 0 Å². The van der Waals surface area contributed by atoms with E-state index in [0.717, 1.165) is 10.0 Å². The molecule has 0 aliphatic rings. The number of rotatable bonds is 6. The normalized spacial score (nSPS) is 12.5. The Kier molecular flexibility index (Phi) is 6.56. The van der Waals surface area contributed by atoms with Gasteiger partial charge in [0, 0.05) is 17.1 Å². The summed E-state index contributed by atoms with van der Waals surface area (Å²) in [7, 11) is 4.03. The molecule has 4 heteroatoms. The molecule has 0 heterocycles. The van der Waals surface area contributed by atoms with Crippen LogP contribution in [0.2, 0.25) is 0 Å². The molecule has 0 saturated heterocycles. The van der Waals surface area contributed by atoms with Gasteiger partial charge in [-0.3, -0.25) is 4.79 Å². The molecule has 3 nitrogen and oxygen atoms in total. The molecule has 0 aromatic heterocycles. The summed E-state index contributed by atoms with van der Waals surface area (Å²) in [6.07, 6.45) is 3.38. The topological polar surface area (TPSA) is 32.3 Å². The van der Waals surface area contributed by atoms with Gasteiger partial charge >= 0.3 is 0 Å². The number of halogens is 1. The van der Waals surface area contributed by atoms with Crippen LogP contribution >= 0.6 is 15.9 Å². The van der Waals surface area contributed by atoms with E-state index >= 15 is 0 Å². The summed E-state index contributed by atoms with van der Waals surface area (Å²) in [6.45, 7) is 0.566. The average molecular weight is 373 g/mol. The molecule has 1 unspecified atom stereocenters. The van der Waals surface area contributed by atoms with E-state index < -0.39 is 0 Å². The van der Waals surface area contributed by atoms with Crippen molar-refractivity contribution in [3.05, 3.63) is 76.3 Å². The Bertz CT molecular complexity index is 668. The number of hydrogen-bond donors (Lipinski definition) is 1. The zero-order chi connectivity index (χ0) is 16.7. The maximum Gasteiger partial charge on any atom is 0.244 e. The molecule has 1 N–H and O–H groups in total. The van der Waals surface area contributed by atoms with Gasteiger partial charge in [0.25, 0.3) is 0 Å². The van der Waals surface area contributed by atoms with Gasteiger partial charge in [-0.15, -0.1) is 0 Å². The molecule has 23 heavy (non-hydrogen) atoms. The van der Waals surface area contributed by atoms with Gasteiger partial charge in [0.1, 0.15) is 0 Å². The molecule has 0 aliphatic carbocycles. The molecule has 0 bridgehead atoms. The summed E-state index contributed by atoms with van der Waals surface area (Å²) in [5.41, 5.74) is 2.17. The van der Waals surface area contributed by atoms with Crippen LogP contribution in [-0.4, -0.2) is 31.4 Å². The van der Waals surface area contributed by atoms with E-state index in [9.17, 15) is 4.79 Å². The van der Waals surface area contributed by atoms with E-state index in [1.165, 1.54) is 5.56 Å². The molecular weight excluding hydrogens is 352 g/mol. The second-order valence-corrected chi connectivity index (χ2v) is 6.34. The predicted molar refractivity (Wildman–Crippen MR) is 99.1 cm³/mol. The SMILES string of the molecule is CN(C)C(CNC(=O)/C=C/c1ccccc1Br)c1ccccc1. The number of nitrogens with zero attached hydrogens (tertiary/aromatic N) is 1. The van der Waals surface area contributed by atoms with Crippen molar-refractivity contribution in [2.75, 3.05) is 20.6 Å². The second kappa shape index (κ2) is 8.65. The lowest BCUT2D eigenvalue weighted by Gasteiger charge is -2.24. The summed E-state index contributed by atoms with van der Waals surface area (Å²) in [4.78, 5) is 14.2. The van der Waals surface area contributed by atoms with Crippen LogP contribution in [-0.2, 0) is 4.79 Å². The standard InChI is InChI=1S/C19H21BrN2O/c1-22(2)18(16-9-4-3-5-10-16)14-21-19(23)13-12-15-8-6-7-11-17(15)20/h3-13,18H,14H2,1-2H3,(H,21,23)/b13-12+. The van der Waals surface area contributed by atoms with Gasteiger partial charge in [-0.05, 0) is 37.4 Å². The zero-order valence-electron chi connectivity index (χ0n) is 13.4. The predicted octanol–water partition coefficient (Wildman–Crippen LogP) is 3.88. The summed E-state index contributed by atoms with van der Waals surface area (Å²) in [5, 5.41) is 2.97. The fourth-order valence-electron chi connectivity index (χ4n) is 2.31. The number of likely N-dealkylation sites (N-methyl/N-ethyl adjacent to an activating group) is 1. The maximum atomic E-state index is 12.1. The van der Waals surface area contributed by atoms with Gasteiger partial charge in [-0.2, -0.15) is 0 Å².